The third kappa shape index (κ3) is 3.18. The Labute approximate surface area is 110 Å². The Hall–Kier alpha value is 0.270. The molecular weight excluding hydrogens is 228 g/mol. The molecule has 0 saturated carbocycles. The van der Waals surface area contributed by atoms with Gasteiger partial charge in [-0.05, 0) is 57.5 Å². The van der Waals surface area contributed by atoms with Gasteiger partial charge in [0, 0.05) is 24.4 Å². The van der Waals surface area contributed by atoms with Gasteiger partial charge < -0.3 is 4.90 Å². The predicted octanol–water partition coefficient (Wildman–Crippen LogP) is 2.44. The van der Waals surface area contributed by atoms with Crippen molar-refractivity contribution in [2.24, 2.45) is 0 Å². The zero-order chi connectivity index (χ0) is 11.5. The highest BCUT2D eigenvalue weighted by Gasteiger charge is 2.28. The lowest BCUT2D eigenvalue weighted by molar-refractivity contribution is 0.137. The Balaban J connectivity index is 1.54. The normalized spacial score (nSPS) is 36.7. The average molecular weight is 254 g/mol. The van der Waals surface area contributed by atoms with Crippen LogP contribution in [0.25, 0.3) is 0 Å². The van der Waals surface area contributed by atoms with Crippen LogP contribution < -0.4 is 0 Å². The summed E-state index contributed by atoms with van der Waals surface area (Å²) >= 11 is 2.22. The number of hydrogen-bond donors (Lipinski definition) is 0. The molecule has 0 aromatic rings. The number of thioether (sulfide) groups is 1. The topological polar surface area (TPSA) is 6.48 Å². The molecule has 3 aliphatic heterocycles. The third-order valence-corrected chi connectivity index (χ3v) is 6.00. The molecule has 3 heteroatoms. The Morgan fingerprint density at radius 1 is 0.941 bits per heavy atom. The zero-order valence-corrected chi connectivity index (χ0v) is 11.8. The van der Waals surface area contributed by atoms with Gasteiger partial charge in [0.25, 0.3) is 0 Å². The fourth-order valence-corrected chi connectivity index (χ4v) is 5.01. The highest BCUT2D eigenvalue weighted by Crippen LogP contribution is 2.28. The van der Waals surface area contributed by atoms with Crippen molar-refractivity contribution in [3.8, 4) is 0 Å². The van der Waals surface area contributed by atoms with E-state index < -0.39 is 0 Å². The molecule has 0 aromatic carbocycles. The van der Waals surface area contributed by atoms with E-state index in [2.05, 4.69) is 21.6 Å². The standard InChI is InChI=1S/C14H26N2S/c1-2-8-16-9-4-7-15(11-13(16)5-1)12-14-6-3-10-17-14/h13-14H,1-12H2. The second-order valence-electron chi connectivity index (χ2n) is 5.93. The molecule has 0 radical (unpaired) electrons. The summed E-state index contributed by atoms with van der Waals surface area (Å²) in [5.41, 5.74) is 0. The quantitative estimate of drug-likeness (QED) is 0.747. The monoisotopic (exact) mass is 254 g/mol. The van der Waals surface area contributed by atoms with Crippen molar-refractivity contribution >= 4 is 11.8 Å². The van der Waals surface area contributed by atoms with E-state index >= 15 is 0 Å². The molecule has 3 heterocycles. The van der Waals surface area contributed by atoms with Crippen LogP contribution in [0.1, 0.15) is 38.5 Å². The van der Waals surface area contributed by atoms with Crippen molar-refractivity contribution in [2.75, 3.05) is 38.5 Å². The molecule has 3 saturated heterocycles. The Morgan fingerprint density at radius 2 is 1.88 bits per heavy atom. The van der Waals surface area contributed by atoms with Crippen LogP contribution in [0.5, 0.6) is 0 Å². The van der Waals surface area contributed by atoms with E-state index in [0.717, 1.165) is 11.3 Å². The summed E-state index contributed by atoms with van der Waals surface area (Å²) in [5.74, 6) is 1.41. The Bertz CT molecular complexity index is 240. The van der Waals surface area contributed by atoms with Gasteiger partial charge in [0.15, 0.2) is 0 Å². The molecule has 0 bridgehead atoms. The van der Waals surface area contributed by atoms with Gasteiger partial charge in [-0.1, -0.05) is 6.42 Å². The zero-order valence-electron chi connectivity index (χ0n) is 10.9. The highest BCUT2D eigenvalue weighted by molar-refractivity contribution is 8.00. The second kappa shape index (κ2) is 5.94. The van der Waals surface area contributed by atoms with Crippen LogP contribution >= 0.6 is 11.8 Å². The number of rotatable bonds is 2. The van der Waals surface area contributed by atoms with Crippen LogP contribution in [0, 0.1) is 0 Å². The minimum absolute atomic E-state index is 0.887. The fourth-order valence-electron chi connectivity index (χ4n) is 3.69. The highest BCUT2D eigenvalue weighted by atomic mass is 32.2. The average Bonchev–Trinajstić information content (AvgIpc) is 2.76. The van der Waals surface area contributed by atoms with Crippen LogP contribution in [-0.4, -0.2) is 59.6 Å². The van der Waals surface area contributed by atoms with E-state index in [1.54, 1.807) is 0 Å². The maximum absolute atomic E-state index is 2.78. The fraction of sp³-hybridized carbons (Fsp3) is 1.00. The lowest BCUT2D eigenvalue weighted by atomic mass is 10.0. The molecule has 3 rings (SSSR count). The van der Waals surface area contributed by atoms with Crippen molar-refractivity contribution in [1.29, 1.82) is 0 Å². The first-order chi connectivity index (χ1) is 8.42. The van der Waals surface area contributed by atoms with E-state index in [-0.39, 0.29) is 0 Å². The minimum Gasteiger partial charge on any atom is -0.301 e. The number of piperidine rings is 1. The van der Waals surface area contributed by atoms with Crippen molar-refractivity contribution in [2.45, 2.75) is 49.8 Å². The van der Waals surface area contributed by atoms with Gasteiger partial charge in [0.1, 0.15) is 0 Å². The molecule has 2 atom stereocenters. The molecule has 3 aliphatic rings. The molecule has 98 valence electrons. The molecule has 2 unspecified atom stereocenters. The summed E-state index contributed by atoms with van der Waals surface area (Å²) in [4.78, 5) is 5.55. The summed E-state index contributed by atoms with van der Waals surface area (Å²) in [6.07, 6.45) is 8.68. The first-order valence-corrected chi connectivity index (χ1v) is 8.55. The Kier molecular flexibility index (Phi) is 4.30. The lowest BCUT2D eigenvalue weighted by Gasteiger charge is -2.35. The molecule has 3 fully saturated rings. The molecule has 2 nitrogen and oxygen atoms in total. The van der Waals surface area contributed by atoms with Crippen LogP contribution in [0.15, 0.2) is 0 Å². The van der Waals surface area contributed by atoms with Gasteiger partial charge in [-0.3, -0.25) is 4.90 Å². The molecule has 0 spiro atoms. The molecule has 0 aromatic heterocycles. The van der Waals surface area contributed by atoms with Crippen LogP contribution in [0.3, 0.4) is 0 Å². The largest absolute Gasteiger partial charge is 0.301 e. The van der Waals surface area contributed by atoms with E-state index in [4.69, 9.17) is 0 Å². The number of nitrogens with zero attached hydrogens (tertiary/aromatic N) is 2. The second-order valence-corrected chi connectivity index (χ2v) is 7.34. The third-order valence-electron chi connectivity index (χ3n) is 4.62. The van der Waals surface area contributed by atoms with Crippen LogP contribution in [0.4, 0.5) is 0 Å². The Morgan fingerprint density at radius 3 is 2.76 bits per heavy atom. The van der Waals surface area contributed by atoms with E-state index in [0.29, 0.717) is 0 Å². The van der Waals surface area contributed by atoms with Crippen molar-refractivity contribution in [1.82, 2.24) is 9.80 Å². The SMILES string of the molecule is C1CSC(CN2CCCN3CCCCC3C2)C1. The van der Waals surface area contributed by atoms with Crippen molar-refractivity contribution < 1.29 is 0 Å². The van der Waals surface area contributed by atoms with E-state index in [9.17, 15) is 0 Å². The molecule has 0 aliphatic carbocycles. The maximum atomic E-state index is 2.78. The van der Waals surface area contributed by atoms with Crippen LogP contribution in [0.2, 0.25) is 0 Å². The summed E-state index contributed by atoms with van der Waals surface area (Å²) in [7, 11) is 0. The molecule has 17 heavy (non-hydrogen) atoms. The number of fused-ring (bicyclic) bond motifs is 1. The van der Waals surface area contributed by atoms with Crippen LogP contribution in [-0.2, 0) is 0 Å². The van der Waals surface area contributed by atoms with Gasteiger partial charge in [-0.25, -0.2) is 0 Å². The molecule has 0 N–H and O–H groups in total. The molecular formula is C14H26N2S. The van der Waals surface area contributed by atoms with Gasteiger partial charge in [-0.2, -0.15) is 11.8 Å². The minimum atomic E-state index is 0.887. The summed E-state index contributed by atoms with van der Waals surface area (Å²) in [5, 5.41) is 0.949. The maximum Gasteiger partial charge on any atom is 0.0223 e. The lowest BCUT2D eigenvalue weighted by Crippen LogP contribution is -2.44. The summed E-state index contributed by atoms with van der Waals surface area (Å²) < 4.78 is 0. The summed E-state index contributed by atoms with van der Waals surface area (Å²) in [6.45, 7) is 6.81. The van der Waals surface area contributed by atoms with Gasteiger partial charge >= 0.3 is 0 Å². The predicted molar refractivity (Wildman–Crippen MR) is 75.7 cm³/mol. The van der Waals surface area contributed by atoms with Crippen molar-refractivity contribution in [3.63, 3.8) is 0 Å². The first kappa shape index (κ1) is 12.3. The first-order valence-electron chi connectivity index (χ1n) is 7.50. The van der Waals surface area contributed by atoms with E-state index in [1.807, 2.05) is 0 Å². The van der Waals surface area contributed by atoms with Gasteiger partial charge in [0.2, 0.25) is 0 Å². The van der Waals surface area contributed by atoms with Crippen molar-refractivity contribution in [3.05, 3.63) is 0 Å². The summed E-state index contributed by atoms with van der Waals surface area (Å²) in [6, 6.07) is 0.887. The smallest absolute Gasteiger partial charge is 0.0223 e. The number of hydrogen-bond acceptors (Lipinski definition) is 3. The van der Waals surface area contributed by atoms with Gasteiger partial charge in [-0.15, -0.1) is 0 Å². The van der Waals surface area contributed by atoms with E-state index in [1.165, 1.54) is 77.0 Å². The molecule has 0 amide bonds. The van der Waals surface area contributed by atoms with Gasteiger partial charge in [0.05, 0.1) is 0 Å².